The number of rotatable bonds is 7. The molecule has 0 bridgehead atoms. The molecule has 0 aliphatic carbocycles. The lowest BCUT2D eigenvalue weighted by atomic mass is 10.1. The number of halogens is 2. The van der Waals surface area contributed by atoms with Gasteiger partial charge in [-0.1, -0.05) is 18.2 Å². The van der Waals surface area contributed by atoms with E-state index in [0.29, 0.717) is 12.2 Å². The van der Waals surface area contributed by atoms with Crippen molar-refractivity contribution in [3.8, 4) is 5.75 Å². The van der Waals surface area contributed by atoms with Gasteiger partial charge in [-0.2, -0.15) is 0 Å². The van der Waals surface area contributed by atoms with Crippen molar-refractivity contribution < 1.29 is 27.8 Å². The number of benzene rings is 2. The summed E-state index contributed by atoms with van der Waals surface area (Å²) in [6, 6.07) is 9.94. The van der Waals surface area contributed by atoms with Gasteiger partial charge in [0.1, 0.15) is 17.4 Å². The van der Waals surface area contributed by atoms with Crippen LogP contribution in [0.1, 0.15) is 18.9 Å². The Morgan fingerprint density at radius 1 is 1.15 bits per heavy atom. The number of amides is 1. The van der Waals surface area contributed by atoms with E-state index in [1.54, 1.807) is 6.07 Å². The third-order valence-electron chi connectivity index (χ3n) is 3.65. The summed E-state index contributed by atoms with van der Waals surface area (Å²) in [4.78, 5) is 23.9. The lowest BCUT2D eigenvalue weighted by molar-refractivity contribution is -0.153. The number of ether oxygens (including phenoxy) is 2. The van der Waals surface area contributed by atoms with Crippen LogP contribution in [0, 0.1) is 11.6 Å². The van der Waals surface area contributed by atoms with Crippen LogP contribution in [0.4, 0.5) is 14.5 Å². The van der Waals surface area contributed by atoms with Crippen molar-refractivity contribution in [1.82, 2.24) is 0 Å². The normalized spacial score (nSPS) is 11.5. The Bertz CT molecular complexity index is 795. The molecule has 2 aromatic carbocycles. The molecule has 0 fully saturated rings. The van der Waals surface area contributed by atoms with E-state index in [4.69, 9.17) is 9.47 Å². The molecule has 2 aromatic rings. The fourth-order valence-electron chi connectivity index (χ4n) is 2.28. The Morgan fingerprint density at radius 2 is 1.88 bits per heavy atom. The topological polar surface area (TPSA) is 64.6 Å². The van der Waals surface area contributed by atoms with Crippen molar-refractivity contribution in [3.05, 3.63) is 59.7 Å². The number of hydrogen-bond acceptors (Lipinski definition) is 4. The number of anilines is 1. The second-order valence-corrected chi connectivity index (χ2v) is 5.56. The first-order chi connectivity index (χ1) is 12.4. The summed E-state index contributed by atoms with van der Waals surface area (Å²) >= 11 is 0. The Morgan fingerprint density at radius 3 is 2.62 bits per heavy atom. The number of para-hydroxylation sites is 1. The Kier molecular flexibility index (Phi) is 6.66. The molecular weight excluding hydrogens is 344 g/mol. The van der Waals surface area contributed by atoms with Crippen molar-refractivity contribution in [2.24, 2.45) is 0 Å². The Hall–Kier alpha value is -2.96. The first-order valence-electron chi connectivity index (χ1n) is 7.98. The van der Waals surface area contributed by atoms with Crippen LogP contribution < -0.4 is 10.1 Å². The highest BCUT2D eigenvalue weighted by atomic mass is 19.1. The molecule has 1 atom stereocenters. The largest absolute Gasteiger partial charge is 0.496 e. The average Bonchev–Trinajstić information content (AvgIpc) is 2.63. The Labute approximate surface area is 149 Å². The molecule has 0 aromatic heterocycles. The minimum absolute atomic E-state index is 0.0479. The average molecular weight is 363 g/mol. The van der Waals surface area contributed by atoms with E-state index in [2.05, 4.69) is 5.32 Å². The molecule has 0 aliphatic heterocycles. The van der Waals surface area contributed by atoms with Crippen LogP contribution in [0.2, 0.25) is 0 Å². The van der Waals surface area contributed by atoms with Gasteiger partial charge in [0.05, 0.1) is 12.8 Å². The predicted octanol–water partition coefficient (Wildman–Crippen LogP) is 3.48. The molecule has 0 saturated heterocycles. The van der Waals surface area contributed by atoms with Crippen molar-refractivity contribution in [2.45, 2.75) is 25.9 Å². The van der Waals surface area contributed by atoms with Gasteiger partial charge < -0.3 is 14.8 Å². The standard InChI is InChI=1S/C19H19F2NO4/c1-12(19(24)22-16-11-14(20)8-9-15(16)21)26-18(23)10-7-13-5-3-4-6-17(13)25-2/h3-6,8-9,11-12H,7,10H2,1-2H3,(H,22,24)/t12-/m0/s1. The number of aryl methyl sites for hydroxylation is 1. The number of methoxy groups -OCH3 is 1. The third-order valence-corrected chi connectivity index (χ3v) is 3.65. The summed E-state index contributed by atoms with van der Waals surface area (Å²) < 4.78 is 36.9. The monoisotopic (exact) mass is 363 g/mol. The molecule has 0 radical (unpaired) electrons. The van der Waals surface area contributed by atoms with Crippen molar-refractivity contribution in [2.75, 3.05) is 12.4 Å². The van der Waals surface area contributed by atoms with Gasteiger partial charge in [0.15, 0.2) is 6.10 Å². The van der Waals surface area contributed by atoms with Gasteiger partial charge >= 0.3 is 5.97 Å². The van der Waals surface area contributed by atoms with Gasteiger partial charge in [-0.25, -0.2) is 8.78 Å². The first-order valence-corrected chi connectivity index (χ1v) is 7.98. The van der Waals surface area contributed by atoms with Gasteiger partial charge in [0.25, 0.3) is 5.91 Å². The van der Waals surface area contributed by atoms with Crippen LogP contribution in [0.15, 0.2) is 42.5 Å². The van der Waals surface area contributed by atoms with E-state index in [-0.39, 0.29) is 12.1 Å². The molecule has 5 nitrogen and oxygen atoms in total. The molecule has 0 unspecified atom stereocenters. The van der Waals surface area contributed by atoms with E-state index in [0.717, 1.165) is 23.8 Å². The molecule has 1 N–H and O–H groups in total. The molecule has 26 heavy (non-hydrogen) atoms. The van der Waals surface area contributed by atoms with Crippen LogP contribution in [-0.2, 0) is 20.7 Å². The maximum Gasteiger partial charge on any atom is 0.306 e. The van der Waals surface area contributed by atoms with Crippen LogP contribution in [0.5, 0.6) is 5.75 Å². The van der Waals surface area contributed by atoms with Crippen molar-refractivity contribution in [1.29, 1.82) is 0 Å². The summed E-state index contributed by atoms with van der Waals surface area (Å²) in [7, 11) is 1.54. The summed E-state index contributed by atoms with van der Waals surface area (Å²) in [5.74, 6) is -2.15. The van der Waals surface area contributed by atoms with E-state index in [1.165, 1.54) is 14.0 Å². The number of esters is 1. The van der Waals surface area contributed by atoms with E-state index >= 15 is 0 Å². The van der Waals surface area contributed by atoms with E-state index in [1.807, 2.05) is 18.2 Å². The van der Waals surface area contributed by atoms with Gasteiger partial charge in [0, 0.05) is 12.5 Å². The van der Waals surface area contributed by atoms with Gasteiger partial charge in [0.2, 0.25) is 0 Å². The van der Waals surface area contributed by atoms with E-state index in [9.17, 15) is 18.4 Å². The maximum absolute atomic E-state index is 13.5. The highest BCUT2D eigenvalue weighted by Crippen LogP contribution is 2.19. The summed E-state index contributed by atoms with van der Waals surface area (Å²) in [6.07, 6.45) is -0.718. The molecule has 0 spiro atoms. The minimum atomic E-state index is -1.15. The molecule has 138 valence electrons. The molecule has 1 amide bonds. The van der Waals surface area contributed by atoms with Crippen molar-refractivity contribution in [3.63, 3.8) is 0 Å². The number of nitrogens with one attached hydrogen (secondary N) is 1. The molecule has 0 aliphatic rings. The molecule has 0 heterocycles. The first kappa shape index (κ1) is 19.4. The zero-order chi connectivity index (χ0) is 19.1. The van der Waals surface area contributed by atoms with Crippen LogP contribution in [-0.4, -0.2) is 25.1 Å². The second-order valence-electron chi connectivity index (χ2n) is 5.56. The summed E-state index contributed by atoms with van der Waals surface area (Å²) in [5.41, 5.74) is 0.526. The SMILES string of the molecule is COc1ccccc1CCC(=O)O[C@@H](C)C(=O)Nc1cc(F)ccc1F. The molecule has 2 rings (SSSR count). The predicted molar refractivity (Wildman–Crippen MR) is 91.9 cm³/mol. The van der Waals surface area contributed by atoms with Crippen LogP contribution in [0.25, 0.3) is 0 Å². The van der Waals surface area contributed by atoms with Crippen molar-refractivity contribution >= 4 is 17.6 Å². The van der Waals surface area contributed by atoms with Gasteiger partial charge in [-0.3, -0.25) is 9.59 Å². The van der Waals surface area contributed by atoms with E-state index < -0.39 is 29.6 Å². The summed E-state index contributed by atoms with van der Waals surface area (Å²) in [6.45, 7) is 1.35. The number of hydrogen-bond donors (Lipinski definition) is 1. The highest BCUT2D eigenvalue weighted by molar-refractivity contribution is 5.95. The van der Waals surface area contributed by atoms with Crippen LogP contribution in [0.3, 0.4) is 0 Å². The van der Waals surface area contributed by atoms with Crippen LogP contribution >= 0.6 is 0 Å². The summed E-state index contributed by atoms with van der Waals surface area (Å²) in [5, 5.41) is 2.20. The molecule has 0 saturated carbocycles. The minimum Gasteiger partial charge on any atom is -0.496 e. The molecular formula is C19H19F2NO4. The van der Waals surface area contributed by atoms with Gasteiger partial charge in [-0.05, 0) is 37.1 Å². The number of carbonyl (C=O) groups is 2. The zero-order valence-corrected chi connectivity index (χ0v) is 14.4. The fraction of sp³-hybridized carbons (Fsp3) is 0.263. The lowest BCUT2D eigenvalue weighted by Crippen LogP contribution is -2.30. The second kappa shape index (κ2) is 8.94. The quantitative estimate of drug-likeness (QED) is 0.765. The lowest BCUT2D eigenvalue weighted by Gasteiger charge is -2.14. The fourth-order valence-corrected chi connectivity index (χ4v) is 2.28. The Balaban J connectivity index is 1.88. The highest BCUT2D eigenvalue weighted by Gasteiger charge is 2.19. The third kappa shape index (κ3) is 5.27. The zero-order valence-electron chi connectivity index (χ0n) is 14.4. The smallest absolute Gasteiger partial charge is 0.306 e. The molecule has 7 heteroatoms. The maximum atomic E-state index is 13.5. The van der Waals surface area contributed by atoms with Gasteiger partial charge in [-0.15, -0.1) is 0 Å². The number of carbonyl (C=O) groups excluding carboxylic acids is 2.